The molecule has 0 atom stereocenters. The Labute approximate surface area is 218 Å². The molecule has 4 rings (SSSR count). The standard InChI is InChI=1S/C27H36N4O3S2/c1-19-7-9-23(10-8-19)36(33,34)30-15-11-22(12-16-30)26(32)31(14-6-13-29(4)5)27-28-24-18-20(2)17-21(3)25(24)35-27/h7-10,17-18,22H,6,11-16H2,1-5H3. The van der Waals surface area contributed by atoms with Crippen LogP contribution in [0.15, 0.2) is 41.3 Å². The summed E-state index contributed by atoms with van der Waals surface area (Å²) >= 11 is 1.57. The van der Waals surface area contributed by atoms with Gasteiger partial charge in [0.15, 0.2) is 5.13 Å². The van der Waals surface area contributed by atoms with Crippen molar-refractivity contribution >= 4 is 42.6 Å². The Bertz CT molecular complexity index is 1330. The first-order chi connectivity index (χ1) is 17.1. The van der Waals surface area contributed by atoms with Crippen LogP contribution >= 0.6 is 11.3 Å². The second-order valence-electron chi connectivity index (χ2n) is 10.1. The molecule has 0 radical (unpaired) electrons. The molecule has 194 valence electrons. The number of aromatic nitrogens is 1. The first-order valence-electron chi connectivity index (χ1n) is 12.5. The molecule has 0 N–H and O–H groups in total. The smallest absolute Gasteiger partial charge is 0.243 e. The summed E-state index contributed by atoms with van der Waals surface area (Å²) in [6, 6.07) is 11.2. The van der Waals surface area contributed by atoms with Gasteiger partial charge in [0.25, 0.3) is 0 Å². The molecule has 3 aromatic rings. The van der Waals surface area contributed by atoms with Gasteiger partial charge in [0, 0.05) is 25.6 Å². The maximum absolute atomic E-state index is 13.8. The van der Waals surface area contributed by atoms with Gasteiger partial charge in [-0.1, -0.05) is 35.1 Å². The van der Waals surface area contributed by atoms with Gasteiger partial charge in [-0.15, -0.1) is 0 Å². The molecule has 1 aliphatic heterocycles. The molecular formula is C27H36N4O3S2. The quantitative estimate of drug-likeness (QED) is 0.427. The summed E-state index contributed by atoms with van der Waals surface area (Å²) in [5, 5.41) is 0.733. The number of hydrogen-bond donors (Lipinski definition) is 0. The summed E-state index contributed by atoms with van der Waals surface area (Å²) in [4.78, 5) is 22.9. The highest BCUT2D eigenvalue weighted by atomic mass is 32.2. The van der Waals surface area contributed by atoms with Gasteiger partial charge in [-0.2, -0.15) is 4.31 Å². The number of rotatable bonds is 8. The van der Waals surface area contributed by atoms with Gasteiger partial charge in [-0.3, -0.25) is 9.69 Å². The highest BCUT2D eigenvalue weighted by molar-refractivity contribution is 7.89. The summed E-state index contributed by atoms with van der Waals surface area (Å²) in [5.41, 5.74) is 4.28. The highest BCUT2D eigenvalue weighted by Gasteiger charge is 2.35. The van der Waals surface area contributed by atoms with Crippen LogP contribution in [0.4, 0.5) is 5.13 Å². The monoisotopic (exact) mass is 528 g/mol. The van der Waals surface area contributed by atoms with Gasteiger partial charge in [0.1, 0.15) is 0 Å². The van der Waals surface area contributed by atoms with Crippen LogP contribution in [0.3, 0.4) is 0 Å². The Kier molecular flexibility index (Phi) is 8.14. The van der Waals surface area contributed by atoms with Crippen molar-refractivity contribution in [2.75, 3.05) is 45.2 Å². The average molecular weight is 529 g/mol. The fraction of sp³-hybridized carbons (Fsp3) is 0.481. The van der Waals surface area contributed by atoms with E-state index in [1.807, 2.05) is 38.1 Å². The van der Waals surface area contributed by atoms with Crippen LogP contribution < -0.4 is 4.90 Å². The summed E-state index contributed by atoms with van der Waals surface area (Å²) in [7, 11) is 0.498. The van der Waals surface area contributed by atoms with Crippen molar-refractivity contribution in [3.05, 3.63) is 53.1 Å². The minimum atomic E-state index is -3.56. The zero-order chi connectivity index (χ0) is 26.0. The molecule has 0 saturated carbocycles. The molecule has 0 spiro atoms. The fourth-order valence-corrected chi connectivity index (χ4v) is 7.27. The van der Waals surface area contributed by atoms with Gasteiger partial charge in [0.05, 0.1) is 15.1 Å². The van der Waals surface area contributed by atoms with Crippen molar-refractivity contribution in [1.82, 2.24) is 14.2 Å². The van der Waals surface area contributed by atoms with Gasteiger partial charge in [-0.25, -0.2) is 13.4 Å². The number of sulfonamides is 1. The van der Waals surface area contributed by atoms with Crippen molar-refractivity contribution in [2.24, 2.45) is 5.92 Å². The van der Waals surface area contributed by atoms with Gasteiger partial charge in [-0.05, 0) is 90.0 Å². The van der Waals surface area contributed by atoms with Crippen LogP contribution in [0.2, 0.25) is 0 Å². The van der Waals surface area contributed by atoms with E-state index < -0.39 is 10.0 Å². The first kappa shape index (κ1) is 26.7. The number of carbonyl (C=O) groups excluding carboxylic acids is 1. The van der Waals surface area contributed by atoms with E-state index in [2.05, 4.69) is 30.9 Å². The lowest BCUT2D eigenvalue weighted by molar-refractivity contribution is -0.123. The maximum atomic E-state index is 13.8. The Morgan fingerprint density at radius 2 is 1.69 bits per heavy atom. The largest absolute Gasteiger partial charge is 0.309 e. The minimum Gasteiger partial charge on any atom is -0.309 e. The number of carbonyl (C=O) groups is 1. The Hall–Kier alpha value is -2.33. The zero-order valence-corrected chi connectivity index (χ0v) is 23.5. The SMILES string of the molecule is Cc1ccc(S(=O)(=O)N2CCC(C(=O)N(CCCN(C)C)c3nc4cc(C)cc(C)c4s3)CC2)cc1. The average Bonchev–Trinajstić information content (AvgIpc) is 3.25. The molecule has 1 amide bonds. The molecule has 0 unspecified atom stereocenters. The van der Waals surface area contributed by atoms with E-state index in [9.17, 15) is 13.2 Å². The molecule has 1 aliphatic rings. The number of thiazole rings is 1. The van der Waals surface area contributed by atoms with Crippen LogP contribution in [0.5, 0.6) is 0 Å². The van der Waals surface area contributed by atoms with Gasteiger partial charge in [0.2, 0.25) is 15.9 Å². The lowest BCUT2D eigenvalue weighted by Crippen LogP contribution is -2.45. The zero-order valence-electron chi connectivity index (χ0n) is 21.8. The molecule has 36 heavy (non-hydrogen) atoms. The molecule has 1 fully saturated rings. The number of hydrogen-bond acceptors (Lipinski definition) is 6. The number of benzene rings is 2. The van der Waals surface area contributed by atoms with Crippen LogP contribution in [0.1, 0.15) is 36.0 Å². The number of anilines is 1. The molecule has 1 aromatic heterocycles. The number of aryl methyl sites for hydroxylation is 3. The summed E-state index contributed by atoms with van der Waals surface area (Å²) in [6.07, 6.45) is 1.86. The molecule has 0 aliphatic carbocycles. The lowest BCUT2D eigenvalue weighted by atomic mass is 9.96. The van der Waals surface area contributed by atoms with E-state index >= 15 is 0 Å². The van der Waals surface area contributed by atoms with E-state index in [0.29, 0.717) is 37.4 Å². The molecule has 9 heteroatoms. The predicted octanol–water partition coefficient (Wildman–Crippen LogP) is 4.61. The van der Waals surface area contributed by atoms with Crippen LogP contribution in [-0.2, 0) is 14.8 Å². The summed E-state index contributed by atoms with van der Waals surface area (Å²) in [5.74, 6) is -0.168. The number of fused-ring (bicyclic) bond motifs is 1. The van der Waals surface area contributed by atoms with Crippen LogP contribution in [-0.4, -0.2) is 68.8 Å². The van der Waals surface area contributed by atoms with E-state index in [-0.39, 0.29) is 11.8 Å². The van der Waals surface area contributed by atoms with Gasteiger partial charge >= 0.3 is 0 Å². The first-order valence-corrected chi connectivity index (χ1v) is 14.7. The fourth-order valence-electron chi connectivity index (χ4n) is 4.75. The second kappa shape index (κ2) is 11.0. The summed E-state index contributed by atoms with van der Waals surface area (Å²) in [6.45, 7) is 8.23. The topological polar surface area (TPSA) is 73.8 Å². The lowest BCUT2D eigenvalue weighted by Gasteiger charge is -2.33. The maximum Gasteiger partial charge on any atom is 0.243 e. The number of amides is 1. The highest BCUT2D eigenvalue weighted by Crippen LogP contribution is 2.34. The van der Waals surface area contributed by atoms with E-state index in [1.54, 1.807) is 23.5 Å². The number of piperidine rings is 1. The van der Waals surface area contributed by atoms with E-state index in [1.165, 1.54) is 9.87 Å². The summed E-state index contributed by atoms with van der Waals surface area (Å²) < 4.78 is 28.9. The van der Waals surface area contributed by atoms with Crippen molar-refractivity contribution in [3.63, 3.8) is 0 Å². The Balaban J connectivity index is 1.52. The minimum absolute atomic E-state index is 0.0505. The molecule has 0 bridgehead atoms. The van der Waals surface area contributed by atoms with Crippen molar-refractivity contribution < 1.29 is 13.2 Å². The molecule has 2 aromatic carbocycles. The molecular weight excluding hydrogens is 492 g/mol. The normalized spacial score (nSPS) is 15.6. The van der Waals surface area contributed by atoms with E-state index in [0.717, 1.165) is 39.4 Å². The van der Waals surface area contributed by atoms with Gasteiger partial charge < -0.3 is 4.90 Å². The molecule has 2 heterocycles. The predicted molar refractivity (Wildman–Crippen MR) is 147 cm³/mol. The molecule has 7 nitrogen and oxygen atoms in total. The third kappa shape index (κ3) is 5.80. The van der Waals surface area contributed by atoms with Crippen molar-refractivity contribution in [1.29, 1.82) is 0 Å². The Morgan fingerprint density at radius 1 is 1.03 bits per heavy atom. The van der Waals surface area contributed by atoms with Crippen molar-refractivity contribution in [3.8, 4) is 0 Å². The molecule has 1 saturated heterocycles. The second-order valence-corrected chi connectivity index (χ2v) is 13.0. The Morgan fingerprint density at radius 3 is 2.33 bits per heavy atom. The van der Waals surface area contributed by atoms with E-state index in [4.69, 9.17) is 4.98 Å². The third-order valence-electron chi connectivity index (χ3n) is 6.75. The number of nitrogens with zero attached hydrogens (tertiary/aromatic N) is 4. The van der Waals surface area contributed by atoms with Crippen molar-refractivity contribution in [2.45, 2.75) is 44.9 Å². The van der Waals surface area contributed by atoms with Crippen LogP contribution in [0.25, 0.3) is 10.2 Å². The van der Waals surface area contributed by atoms with Crippen LogP contribution in [0, 0.1) is 26.7 Å². The third-order valence-corrected chi connectivity index (χ3v) is 9.90.